The highest BCUT2D eigenvalue weighted by atomic mass is 16.6. The molecular weight excluding hydrogens is 232 g/mol. The van der Waals surface area contributed by atoms with E-state index in [2.05, 4.69) is 5.32 Å². The van der Waals surface area contributed by atoms with Crippen LogP contribution >= 0.6 is 0 Å². The van der Waals surface area contributed by atoms with Gasteiger partial charge in [-0.25, -0.2) is 4.79 Å². The van der Waals surface area contributed by atoms with Crippen molar-refractivity contribution in [3.63, 3.8) is 0 Å². The number of carbonyl (C=O) groups is 1. The lowest BCUT2D eigenvalue weighted by atomic mass is 10.1. The first kappa shape index (κ1) is 13.6. The molecule has 2 heterocycles. The van der Waals surface area contributed by atoms with Gasteiger partial charge in [0.25, 0.3) is 0 Å². The molecule has 18 heavy (non-hydrogen) atoms. The summed E-state index contributed by atoms with van der Waals surface area (Å²) >= 11 is 0. The molecular formula is C13H24N2O3. The summed E-state index contributed by atoms with van der Waals surface area (Å²) in [5.74, 6) is 0.540. The lowest BCUT2D eigenvalue weighted by molar-refractivity contribution is -0.0734. The first-order chi connectivity index (χ1) is 8.46. The van der Waals surface area contributed by atoms with E-state index in [9.17, 15) is 4.79 Å². The molecule has 104 valence electrons. The molecule has 2 saturated heterocycles. The van der Waals surface area contributed by atoms with Gasteiger partial charge in [-0.05, 0) is 46.2 Å². The number of nitrogens with zero attached hydrogens (tertiary/aromatic N) is 1. The van der Waals surface area contributed by atoms with Crippen LogP contribution in [0.5, 0.6) is 0 Å². The van der Waals surface area contributed by atoms with Crippen molar-refractivity contribution >= 4 is 6.09 Å². The maximum absolute atomic E-state index is 12.2. The van der Waals surface area contributed by atoms with Gasteiger partial charge in [-0.2, -0.15) is 0 Å². The number of carbonyl (C=O) groups excluding carboxylic acids is 1. The normalized spacial score (nSPS) is 24.7. The zero-order valence-electron chi connectivity index (χ0n) is 11.6. The minimum atomic E-state index is -0.437. The van der Waals surface area contributed by atoms with Gasteiger partial charge in [-0.15, -0.1) is 0 Å². The molecule has 0 aromatic carbocycles. The van der Waals surface area contributed by atoms with E-state index in [-0.39, 0.29) is 12.1 Å². The SMILES string of the molecule is CC(C)(C)OC(=O)N(CC1CCNC1)C1COC1. The van der Waals surface area contributed by atoms with Gasteiger partial charge in [-0.3, -0.25) is 0 Å². The Balaban J connectivity index is 1.93. The molecule has 5 nitrogen and oxygen atoms in total. The maximum atomic E-state index is 12.2. The van der Waals surface area contributed by atoms with E-state index in [4.69, 9.17) is 9.47 Å². The second kappa shape index (κ2) is 5.45. The first-order valence-electron chi connectivity index (χ1n) is 6.74. The minimum Gasteiger partial charge on any atom is -0.444 e. The molecule has 0 spiro atoms. The summed E-state index contributed by atoms with van der Waals surface area (Å²) in [4.78, 5) is 14.1. The zero-order chi connectivity index (χ0) is 13.2. The van der Waals surface area contributed by atoms with Crippen LogP contribution in [-0.4, -0.2) is 55.5 Å². The van der Waals surface area contributed by atoms with Gasteiger partial charge in [0, 0.05) is 6.54 Å². The van der Waals surface area contributed by atoms with E-state index in [0.717, 1.165) is 26.1 Å². The third kappa shape index (κ3) is 3.59. The van der Waals surface area contributed by atoms with Gasteiger partial charge >= 0.3 is 6.09 Å². The van der Waals surface area contributed by atoms with E-state index in [1.54, 1.807) is 0 Å². The number of rotatable bonds is 3. The standard InChI is InChI=1S/C13H24N2O3/c1-13(2,3)18-12(16)15(11-8-17-9-11)7-10-4-5-14-6-10/h10-11,14H,4-9H2,1-3H3. The maximum Gasteiger partial charge on any atom is 0.410 e. The lowest BCUT2D eigenvalue weighted by Gasteiger charge is -2.39. The lowest BCUT2D eigenvalue weighted by Crippen LogP contribution is -2.54. The second-order valence-corrected chi connectivity index (χ2v) is 6.18. The van der Waals surface area contributed by atoms with Crippen molar-refractivity contribution in [2.45, 2.75) is 38.8 Å². The predicted octanol–water partition coefficient (Wildman–Crippen LogP) is 1.23. The van der Waals surface area contributed by atoms with Crippen LogP contribution in [0, 0.1) is 5.92 Å². The van der Waals surface area contributed by atoms with Gasteiger partial charge < -0.3 is 19.7 Å². The van der Waals surface area contributed by atoms with Crippen LogP contribution in [0.4, 0.5) is 4.79 Å². The molecule has 2 aliphatic rings. The molecule has 1 unspecified atom stereocenters. The Bertz CT molecular complexity index is 291. The summed E-state index contributed by atoms with van der Waals surface area (Å²) in [7, 11) is 0. The van der Waals surface area contributed by atoms with Crippen LogP contribution in [0.25, 0.3) is 0 Å². The van der Waals surface area contributed by atoms with Crippen LogP contribution in [0.15, 0.2) is 0 Å². The second-order valence-electron chi connectivity index (χ2n) is 6.18. The molecule has 1 amide bonds. The number of hydrogen-bond acceptors (Lipinski definition) is 4. The van der Waals surface area contributed by atoms with Crippen molar-refractivity contribution in [3.8, 4) is 0 Å². The smallest absolute Gasteiger partial charge is 0.410 e. The predicted molar refractivity (Wildman–Crippen MR) is 68.5 cm³/mol. The molecule has 1 N–H and O–H groups in total. The Morgan fingerprint density at radius 3 is 2.61 bits per heavy atom. The Labute approximate surface area is 109 Å². The van der Waals surface area contributed by atoms with Gasteiger partial charge in [0.05, 0.1) is 19.3 Å². The fourth-order valence-electron chi connectivity index (χ4n) is 2.24. The fraction of sp³-hybridized carbons (Fsp3) is 0.923. The molecule has 0 saturated carbocycles. The largest absolute Gasteiger partial charge is 0.444 e. The number of ether oxygens (including phenoxy) is 2. The van der Waals surface area contributed by atoms with Crippen LogP contribution in [-0.2, 0) is 9.47 Å². The Morgan fingerprint density at radius 1 is 1.44 bits per heavy atom. The van der Waals surface area contributed by atoms with Gasteiger partial charge in [-0.1, -0.05) is 0 Å². The molecule has 0 radical (unpaired) electrons. The van der Waals surface area contributed by atoms with Gasteiger partial charge in [0.2, 0.25) is 0 Å². The highest BCUT2D eigenvalue weighted by Gasteiger charge is 2.34. The molecule has 2 fully saturated rings. The summed E-state index contributed by atoms with van der Waals surface area (Å²) in [6.45, 7) is 9.79. The molecule has 0 aromatic rings. The topological polar surface area (TPSA) is 50.8 Å². The summed E-state index contributed by atoms with van der Waals surface area (Å²) < 4.78 is 10.7. The number of hydrogen-bond donors (Lipinski definition) is 1. The van der Waals surface area contributed by atoms with Gasteiger partial charge in [0.1, 0.15) is 5.60 Å². The number of nitrogens with one attached hydrogen (secondary N) is 1. The van der Waals surface area contributed by atoms with Crippen molar-refractivity contribution in [2.75, 3.05) is 32.8 Å². The highest BCUT2D eigenvalue weighted by Crippen LogP contribution is 2.19. The monoisotopic (exact) mass is 256 g/mol. The molecule has 1 atom stereocenters. The van der Waals surface area contributed by atoms with Crippen LogP contribution in [0.3, 0.4) is 0 Å². The van der Waals surface area contributed by atoms with Crippen LogP contribution in [0.1, 0.15) is 27.2 Å². The minimum absolute atomic E-state index is 0.195. The van der Waals surface area contributed by atoms with E-state index in [1.165, 1.54) is 0 Å². The first-order valence-corrected chi connectivity index (χ1v) is 6.74. The summed E-state index contributed by atoms with van der Waals surface area (Å²) in [5, 5.41) is 3.33. The van der Waals surface area contributed by atoms with Crippen molar-refractivity contribution < 1.29 is 14.3 Å². The molecule has 2 aliphatic heterocycles. The van der Waals surface area contributed by atoms with E-state index in [1.807, 2.05) is 25.7 Å². The zero-order valence-corrected chi connectivity index (χ0v) is 11.6. The van der Waals surface area contributed by atoms with Crippen LogP contribution < -0.4 is 5.32 Å². The van der Waals surface area contributed by atoms with Crippen molar-refractivity contribution in [1.82, 2.24) is 10.2 Å². The Kier molecular flexibility index (Phi) is 4.12. The third-order valence-corrected chi connectivity index (χ3v) is 3.31. The third-order valence-electron chi connectivity index (χ3n) is 3.31. The van der Waals surface area contributed by atoms with Crippen molar-refractivity contribution in [1.29, 1.82) is 0 Å². The molecule has 0 aromatic heterocycles. The van der Waals surface area contributed by atoms with Crippen molar-refractivity contribution in [3.05, 3.63) is 0 Å². The number of amides is 1. The molecule has 2 rings (SSSR count). The van der Waals surface area contributed by atoms with Gasteiger partial charge in [0.15, 0.2) is 0 Å². The van der Waals surface area contributed by atoms with E-state index >= 15 is 0 Å². The van der Waals surface area contributed by atoms with Crippen LogP contribution in [0.2, 0.25) is 0 Å². The Morgan fingerprint density at radius 2 is 2.17 bits per heavy atom. The molecule has 5 heteroatoms. The quantitative estimate of drug-likeness (QED) is 0.825. The molecule has 0 aliphatic carbocycles. The van der Waals surface area contributed by atoms with Crippen molar-refractivity contribution in [2.24, 2.45) is 5.92 Å². The summed E-state index contributed by atoms with van der Waals surface area (Å²) in [5.41, 5.74) is -0.437. The Hall–Kier alpha value is -0.810. The van der Waals surface area contributed by atoms with E-state index in [0.29, 0.717) is 19.1 Å². The fourth-order valence-corrected chi connectivity index (χ4v) is 2.24. The van der Waals surface area contributed by atoms with E-state index < -0.39 is 5.60 Å². The average molecular weight is 256 g/mol. The highest BCUT2D eigenvalue weighted by molar-refractivity contribution is 5.68. The average Bonchev–Trinajstić information content (AvgIpc) is 2.63. The molecule has 0 bridgehead atoms. The summed E-state index contributed by atoms with van der Waals surface area (Å²) in [6.07, 6.45) is 0.926. The summed E-state index contributed by atoms with van der Waals surface area (Å²) in [6, 6.07) is 0.195.